The standard InChI is InChI=1S/C21H22O3/c1-16-7-11-18(12-8-16)21(22)23-15-17-9-13-20(14-10-17)24-19-5-3-2-4-6-19/h2-7,9-10,13-14,18H,8,11-12,15H2,1H3/t18-/m1/s1. The Bertz CT molecular complexity index is 702. The van der Waals surface area contributed by atoms with Gasteiger partial charge in [-0.3, -0.25) is 4.79 Å². The number of carbonyl (C=O) groups is 1. The Morgan fingerprint density at radius 2 is 1.75 bits per heavy atom. The summed E-state index contributed by atoms with van der Waals surface area (Å²) in [5.74, 6) is 1.49. The average molecular weight is 322 g/mol. The summed E-state index contributed by atoms with van der Waals surface area (Å²) in [6.07, 6.45) is 4.83. The molecule has 0 spiro atoms. The van der Waals surface area contributed by atoms with E-state index in [9.17, 15) is 4.79 Å². The van der Waals surface area contributed by atoms with Crippen molar-refractivity contribution in [2.45, 2.75) is 32.8 Å². The Morgan fingerprint density at radius 1 is 1.04 bits per heavy atom. The molecular formula is C21H22O3. The van der Waals surface area contributed by atoms with Crippen molar-refractivity contribution in [3.63, 3.8) is 0 Å². The highest BCUT2D eigenvalue weighted by Crippen LogP contribution is 2.25. The first-order chi connectivity index (χ1) is 11.7. The van der Waals surface area contributed by atoms with Crippen molar-refractivity contribution in [2.75, 3.05) is 0 Å². The van der Waals surface area contributed by atoms with Gasteiger partial charge in [-0.15, -0.1) is 0 Å². The van der Waals surface area contributed by atoms with Gasteiger partial charge in [-0.05, 0) is 56.0 Å². The number of allylic oxidation sites excluding steroid dienone is 2. The number of hydrogen-bond donors (Lipinski definition) is 0. The lowest BCUT2D eigenvalue weighted by Gasteiger charge is -2.19. The van der Waals surface area contributed by atoms with Crippen molar-refractivity contribution in [1.29, 1.82) is 0 Å². The molecule has 0 amide bonds. The fourth-order valence-corrected chi connectivity index (χ4v) is 2.73. The van der Waals surface area contributed by atoms with E-state index in [2.05, 4.69) is 13.0 Å². The summed E-state index contributed by atoms with van der Waals surface area (Å²) in [6.45, 7) is 2.42. The van der Waals surface area contributed by atoms with Crippen LogP contribution in [0.15, 0.2) is 66.2 Å². The van der Waals surface area contributed by atoms with Gasteiger partial charge in [0, 0.05) is 0 Å². The molecule has 3 nitrogen and oxygen atoms in total. The summed E-state index contributed by atoms with van der Waals surface area (Å²) >= 11 is 0. The quantitative estimate of drug-likeness (QED) is 0.556. The average Bonchev–Trinajstić information content (AvgIpc) is 2.62. The molecule has 0 heterocycles. The van der Waals surface area contributed by atoms with Crippen molar-refractivity contribution in [1.82, 2.24) is 0 Å². The minimum atomic E-state index is -0.0941. The largest absolute Gasteiger partial charge is 0.461 e. The van der Waals surface area contributed by atoms with Gasteiger partial charge in [0.25, 0.3) is 0 Å². The molecule has 3 rings (SSSR count). The Hall–Kier alpha value is -2.55. The lowest BCUT2D eigenvalue weighted by atomic mass is 9.90. The summed E-state index contributed by atoms with van der Waals surface area (Å²) in [5.41, 5.74) is 2.33. The molecule has 0 aromatic heterocycles. The van der Waals surface area contributed by atoms with Gasteiger partial charge in [0.05, 0.1) is 5.92 Å². The van der Waals surface area contributed by atoms with Crippen LogP contribution in [0.3, 0.4) is 0 Å². The Morgan fingerprint density at radius 3 is 2.42 bits per heavy atom. The van der Waals surface area contributed by atoms with Crippen LogP contribution in [0.1, 0.15) is 31.7 Å². The maximum atomic E-state index is 12.1. The highest BCUT2D eigenvalue weighted by Gasteiger charge is 2.21. The Balaban J connectivity index is 1.50. The Labute approximate surface area is 142 Å². The van der Waals surface area contributed by atoms with Crippen molar-refractivity contribution in [2.24, 2.45) is 5.92 Å². The summed E-state index contributed by atoms with van der Waals surface area (Å²) < 4.78 is 11.2. The maximum absolute atomic E-state index is 12.1. The fourth-order valence-electron chi connectivity index (χ4n) is 2.73. The van der Waals surface area contributed by atoms with E-state index >= 15 is 0 Å². The molecule has 2 aromatic rings. The zero-order valence-electron chi connectivity index (χ0n) is 13.9. The molecule has 3 heteroatoms. The van der Waals surface area contributed by atoms with Gasteiger partial charge in [-0.25, -0.2) is 0 Å². The molecule has 0 saturated heterocycles. The van der Waals surface area contributed by atoms with E-state index in [4.69, 9.17) is 9.47 Å². The van der Waals surface area contributed by atoms with E-state index in [1.165, 1.54) is 5.57 Å². The van der Waals surface area contributed by atoms with E-state index in [0.717, 1.165) is 36.3 Å². The first kappa shape index (κ1) is 16.3. The highest BCUT2D eigenvalue weighted by molar-refractivity contribution is 5.73. The number of hydrogen-bond acceptors (Lipinski definition) is 3. The third-order valence-corrected chi connectivity index (χ3v) is 4.25. The summed E-state index contributed by atoms with van der Waals surface area (Å²) in [4.78, 5) is 12.1. The summed E-state index contributed by atoms with van der Waals surface area (Å²) in [7, 11) is 0. The van der Waals surface area contributed by atoms with Gasteiger partial charge in [0.2, 0.25) is 0 Å². The van der Waals surface area contributed by atoms with Crippen molar-refractivity contribution >= 4 is 5.97 Å². The van der Waals surface area contributed by atoms with Crippen molar-refractivity contribution in [3.8, 4) is 11.5 Å². The van der Waals surface area contributed by atoms with Gasteiger partial charge < -0.3 is 9.47 Å². The second-order valence-electron chi connectivity index (χ2n) is 6.19. The van der Waals surface area contributed by atoms with Gasteiger partial charge in [-0.2, -0.15) is 0 Å². The minimum absolute atomic E-state index is 0.00869. The molecule has 0 aliphatic heterocycles. The van der Waals surface area contributed by atoms with Gasteiger partial charge >= 0.3 is 5.97 Å². The number of rotatable bonds is 5. The minimum Gasteiger partial charge on any atom is -0.461 e. The smallest absolute Gasteiger partial charge is 0.309 e. The molecule has 124 valence electrons. The van der Waals surface area contributed by atoms with Crippen LogP contribution < -0.4 is 4.74 Å². The van der Waals surface area contributed by atoms with Crippen LogP contribution in [0.4, 0.5) is 0 Å². The molecule has 0 saturated carbocycles. The SMILES string of the molecule is CC1=CC[C@@H](C(=O)OCc2ccc(Oc3ccccc3)cc2)CC1. The molecule has 1 aliphatic carbocycles. The van der Waals surface area contributed by atoms with E-state index in [1.807, 2.05) is 54.6 Å². The summed E-state index contributed by atoms with van der Waals surface area (Å²) in [6, 6.07) is 17.3. The molecular weight excluding hydrogens is 300 g/mol. The van der Waals surface area contributed by atoms with Gasteiger partial charge in [0.1, 0.15) is 18.1 Å². The lowest BCUT2D eigenvalue weighted by Crippen LogP contribution is -2.19. The zero-order chi connectivity index (χ0) is 16.8. The third-order valence-electron chi connectivity index (χ3n) is 4.25. The predicted molar refractivity (Wildman–Crippen MR) is 93.9 cm³/mol. The first-order valence-electron chi connectivity index (χ1n) is 8.35. The Kier molecular flexibility index (Phi) is 5.32. The van der Waals surface area contributed by atoms with E-state index in [1.54, 1.807) is 0 Å². The van der Waals surface area contributed by atoms with Crippen LogP contribution >= 0.6 is 0 Å². The molecule has 1 aliphatic rings. The van der Waals surface area contributed by atoms with Crippen LogP contribution in [0.2, 0.25) is 0 Å². The number of ether oxygens (including phenoxy) is 2. The van der Waals surface area contributed by atoms with Crippen molar-refractivity contribution < 1.29 is 14.3 Å². The first-order valence-corrected chi connectivity index (χ1v) is 8.35. The number of esters is 1. The molecule has 24 heavy (non-hydrogen) atoms. The second-order valence-corrected chi connectivity index (χ2v) is 6.19. The van der Waals surface area contributed by atoms with E-state index in [-0.39, 0.29) is 11.9 Å². The third kappa shape index (κ3) is 4.48. The monoisotopic (exact) mass is 322 g/mol. The molecule has 0 radical (unpaired) electrons. The number of benzene rings is 2. The topological polar surface area (TPSA) is 35.5 Å². The van der Waals surface area contributed by atoms with E-state index in [0.29, 0.717) is 6.61 Å². The van der Waals surface area contributed by atoms with Gasteiger partial charge in [0.15, 0.2) is 0 Å². The van der Waals surface area contributed by atoms with Crippen LogP contribution in [0.5, 0.6) is 11.5 Å². The molecule has 0 bridgehead atoms. The molecule has 0 fully saturated rings. The second kappa shape index (κ2) is 7.82. The maximum Gasteiger partial charge on any atom is 0.309 e. The lowest BCUT2D eigenvalue weighted by molar-refractivity contribution is -0.150. The fraction of sp³-hybridized carbons (Fsp3) is 0.286. The van der Waals surface area contributed by atoms with Crippen LogP contribution in [-0.2, 0) is 16.1 Å². The van der Waals surface area contributed by atoms with Gasteiger partial charge in [-0.1, -0.05) is 42.0 Å². The predicted octanol–water partition coefficient (Wildman–Crippen LogP) is 5.27. The molecule has 2 aromatic carbocycles. The molecule has 0 N–H and O–H groups in total. The number of para-hydroxylation sites is 1. The molecule has 1 atom stereocenters. The van der Waals surface area contributed by atoms with Crippen molar-refractivity contribution in [3.05, 3.63) is 71.8 Å². The van der Waals surface area contributed by atoms with E-state index < -0.39 is 0 Å². The summed E-state index contributed by atoms with van der Waals surface area (Å²) in [5, 5.41) is 0. The normalized spacial score (nSPS) is 17.0. The highest BCUT2D eigenvalue weighted by atomic mass is 16.5. The number of carbonyl (C=O) groups excluding carboxylic acids is 1. The van der Waals surface area contributed by atoms with Crippen LogP contribution in [-0.4, -0.2) is 5.97 Å². The van der Waals surface area contributed by atoms with Crippen LogP contribution in [0.25, 0.3) is 0 Å². The zero-order valence-corrected chi connectivity index (χ0v) is 13.9. The van der Waals surface area contributed by atoms with Crippen LogP contribution in [0, 0.1) is 5.92 Å². The molecule has 0 unspecified atom stereocenters.